The van der Waals surface area contributed by atoms with Crippen LogP contribution in [0.1, 0.15) is 18.1 Å². The zero-order chi connectivity index (χ0) is 14.5. The van der Waals surface area contributed by atoms with Crippen molar-refractivity contribution in [1.29, 1.82) is 0 Å². The molecular formula is C16H17NO3. The molecule has 2 aromatic carbocycles. The zero-order valence-electron chi connectivity index (χ0n) is 10.9. The first kappa shape index (κ1) is 14.2. The summed E-state index contributed by atoms with van der Waals surface area (Å²) in [6.45, 7) is 0. The van der Waals surface area contributed by atoms with Crippen LogP contribution in [0.15, 0.2) is 54.6 Å². The Hall–Kier alpha value is -2.17. The molecule has 104 valence electrons. The quantitative estimate of drug-likeness (QED) is 0.772. The Morgan fingerprint density at radius 2 is 1.50 bits per heavy atom. The van der Waals surface area contributed by atoms with E-state index in [2.05, 4.69) is 0 Å². The minimum absolute atomic E-state index is 0.262. The number of amides is 1. The number of carbonyl (C=O) groups excluding carboxylic acids is 1. The summed E-state index contributed by atoms with van der Waals surface area (Å²) < 4.78 is 0. The molecule has 0 saturated carbocycles. The molecule has 1 amide bonds. The number of primary amides is 1. The third kappa shape index (κ3) is 3.44. The number of hydrogen-bond donors (Lipinski definition) is 3. The molecule has 0 fully saturated rings. The molecule has 0 aliphatic rings. The van der Waals surface area contributed by atoms with Crippen LogP contribution in [-0.4, -0.2) is 22.2 Å². The van der Waals surface area contributed by atoms with E-state index in [4.69, 9.17) is 5.73 Å². The van der Waals surface area contributed by atoms with Crippen molar-refractivity contribution < 1.29 is 15.0 Å². The molecule has 0 heterocycles. The summed E-state index contributed by atoms with van der Waals surface area (Å²) in [6, 6.07) is 17.0. The Morgan fingerprint density at radius 1 is 0.950 bits per heavy atom. The molecule has 0 saturated heterocycles. The topological polar surface area (TPSA) is 83.6 Å². The lowest BCUT2D eigenvalue weighted by Gasteiger charge is -2.17. The summed E-state index contributed by atoms with van der Waals surface area (Å²) in [7, 11) is 0. The maximum Gasteiger partial charge on any atom is 0.220 e. The first-order valence-corrected chi connectivity index (χ1v) is 6.38. The number of aliphatic hydroxyl groups is 2. The third-order valence-corrected chi connectivity index (χ3v) is 3.13. The van der Waals surface area contributed by atoms with Crippen LogP contribution in [0.3, 0.4) is 0 Å². The van der Waals surface area contributed by atoms with Gasteiger partial charge in [-0.3, -0.25) is 4.79 Å². The molecule has 2 aromatic rings. The van der Waals surface area contributed by atoms with Crippen LogP contribution in [0.5, 0.6) is 0 Å². The predicted octanol–water partition coefficient (Wildman–Crippen LogP) is 1.62. The van der Waals surface area contributed by atoms with Crippen molar-refractivity contribution in [3.8, 4) is 11.1 Å². The Morgan fingerprint density at radius 3 is 2.05 bits per heavy atom. The highest BCUT2D eigenvalue weighted by molar-refractivity contribution is 5.74. The molecule has 4 heteroatoms. The first-order valence-electron chi connectivity index (χ1n) is 6.38. The van der Waals surface area contributed by atoms with Gasteiger partial charge in [0.1, 0.15) is 6.10 Å². The Kier molecular flexibility index (Phi) is 4.50. The molecule has 2 unspecified atom stereocenters. The molecule has 0 aliphatic heterocycles. The minimum Gasteiger partial charge on any atom is -0.390 e. The normalized spacial score (nSPS) is 13.7. The van der Waals surface area contributed by atoms with Gasteiger partial charge in [0.25, 0.3) is 0 Å². The van der Waals surface area contributed by atoms with Crippen LogP contribution < -0.4 is 5.73 Å². The number of carbonyl (C=O) groups is 1. The van der Waals surface area contributed by atoms with Crippen LogP contribution in [-0.2, 0) is 4.79 Å². The fourth-order valence-corrected chi connectivity index (χ4v) is 2.04. The molecule has 0 aromatic heterocycles. The van der Waals surface area contributed by atoms with E-state index in [-0.39, 0.29) is 6.42 Å². The molecule has 0 bridgehead atoms. The largest absolute Gasteiger partial charge is 0.390 e. The zero-order valence-corrected chi connectivity index (χ0v) is 10.9. The first-order chi connectivity index (χ1) is 9.58. The van der Waals surface area contributed by atoms with Crippen LogP contribution in [0.25, 0.3) is 11.1 Å². The lowest BCUT2D eigenvalue weighted by molar-refractivity contribution is -0.121. The van der Waals surface area contributed by atoms with E-state index in [1.807, 2.05) is 42.5 Å². The van der Waals surface area contributed by atoms with Crippen molar-refractivity contribution in [2.75, 3.05) is 0 Å². The van der Waals surface area contributed by atoms with Crippen molar-refractivity contribution in [1.82, 2.24) is 0 Å². The van der Waals surface area contributed by atoms with Gasteiger partial charge in [-0.2, -0.15) is 0 Å². The average molecular weight is 271 g/mol. The summed E-state index contributed by atoms with van der Waals surface area (Å²) >= 11 is 0. The average Bonchev–Trinajstić information content (AvgIpc) is 2.47. The fraction of sp³-hybridized carbons (Fsp3) is 0.188. The van der Waals surface area contributed by atoms with Crippen LogP contribution in [0, 0.1) is 0 Å². The molecule has 4 nitrogen and oxygen atoms in total. The van der Waals surface area contributed by atoms with E-state index < -0.39 is 18.1 Å². The van der Waals surface area contributed by atoms with Crippen molar-refractivity contribution >= 4 is 5.91 Å². The van der Waals surface area contributed by atoms with E-state index in [0.29, 0.717) is 5.56 Å². The van der Waals surface area contributed by atoms with Crippen LogP contribution in [0.2, 0.25) is 0 Å². The molecule has 2 rings (SSSR count). The van der Waals surface area contributed by atoms with Crippen molar-refractivity contribution in [3.63, 3.8) is 0 Å². The minimum atomic E-state index is -1.19. The summed E-state index contributed by atoms with van der Waals surface area (Å²) in [6.07, 6.45) is -2.57. The summed E-state index contributed by atoms with van der Waals surface area (Å²) in [5.41, 5.74) is 7.65. The Labute approximate surface area is 117 Å². The fourth-order valence-electron chi connectivity index (χ4n) is 2.04. The van der Waals surface area contributed by atoms with Gasteiger partial charge in [0, 0.05) is 0 Å². The van der Waals surface area contributed by atoms with Gasteiger partial charge in [-0.05, 0) is 16.7 Å². The number of aliphatic hydroxyl groups excluding tert-OH is 2. The SMILES string of the molecule is NC(=O)CC(O)C(O)c1ccc(-c2ccccc2)cc1. The Balaban J connectivity index is 2.14. The van der Waals surface area contributed by atoms with E-state index in [0.717, 1.165) is 11.1 Å². The molecule has 2 atom stereocenters. The van der Waals surface area contributed by atoms with E-state index >= 15 is 0 Å². The summed E-state index contributed by atoms with van der Waals surface area (Å²) in [5, 5.41) is 19.6. The summed E-state index contributed by atoms with van der Waals surface area (Å²) in [4.78, 5) is 10.7. The smallest absolute Gasteiger partial charge is 0.220 e. The molecule has 0 aliphatic carbocycles. The van der Waals surface area contributed by atoms with E-state index in [1.165, 1.54) is 0 Å². The monoisotopic (exact) mass is 271 g/mol. The van der Waals surface area contributed by atoms with Gasteiger partial charge in [0.2, 0.25) is 5.91 Å². The maximum atomic E-state index is 10.7. The molecule has 0 spiro atoms. The second-order valence-electron chi connectivity index (χ2n) is 4.67. The second-order valence-corrected chi connectivity index (χ2v) is 4.67. The highest BCUT2D eigenvalue weighted by atomic mass is 16.3. The maximum absolute atomic E-state index is 10.7. The third-order valence-electron chi connectivity index (χ3n) is 3.13. The van der Waals surface area contributed by atoms with Gasteiger partial charge >= 0.3 is 0 Å². The highest BCUT2D eigenvalue weighted by Crippen LogP contribution is 2.24. The molecule has 0 radical (unpaired) electrons. The van der Waals surface area contributed by atoms with Crippen molar-refractivity contribution in [2.45, 2.75) is 18.6 Å². The standard InChI is InChI=1S/C16H17NO3/c17-15(19)10-14(18)16(20)13-8-6-12(7-9-13)11-4-2-1-3-5-11/h1-9,14,16,18,20H,10H2,(H2,17,19). The van der Waals surface area contributed by atoms with Crippen LogP contribution in [0.4, 0.5) is 0 Å². The summed E-state index contributed by atoms with van der Waals surface area (Å²) in [5.74, 6) is -0.641. The number of rotatable bonds is 5. The van der Waals surface area contributed by atoms with Crippen molar-refractivity contribution in [2.24, 2.45) is 5.73 Å². The Bertz CT molecular complexity index is 566. The number of nitrogens with two attached hydrogens (primary N) is 1. The van der Waals surface area contributed by atoms with E-state index in [9.17, 15) is 15.0 Å². The lowest BCUT2D eigenvalue weighted by Crippen LogP contribution is -2.25. The number of hydrogen-bond acceptors (Lipinski definition) is 3. The van der Waals surface area contributed by atoms with Gasteiger partial charge in [-0.25, -0.2) is 0 Å². The molecule has 4 N–H and O–H groups in total. The van der Waals surface area contributed by atoms with Crippen LogP contribution >= 0.6 is 0 Å². The van der Waals surface area contributed by atoms with Gasteiger partial charge in [0.15, 0.2) is 0 Å². The number of benzene rings is 2. The van der Waals surface area contributed by atoms with E-state index in [1.54, 1.807) is 12.1 Å². The van der Waals surface area contributed by atoms with Crippen molar-refractivity contribution in [3.05, 3.63) is 60.2 Å². The lowest BCUT2D eigenvalue weighted by atomic mass is 9.98. The molecular weight excluding hydrogens is 254 g/mol. The molecule has 20 heavy (non-hydrogen) atoms. The van der Waals surface area contributed by atoms with Gasteiger partial charge in [-0.15, -0.1) is 0 Å². The van der Waals surface area contributed by atoms with Gasteiger partial charge < -0.3 is 15.9 Å². The van der Waals surface area contributed by atoms with Gasteiger partial charge in [-0.1, -0.05) is 54.6 Å². The second kappa shape index (κ2) is 6.32. The van der Waals surface area contributed by atoms with Gasteiger partial charge in [0.05, 0.1) is 12.5 Å². The predicted molar refractivity (Wildman–Crippen MR) is 76.7 cm³/mol. The highest BCUT2D eigenvalue weighted by Gasteiger charge is 2.20.